The highest BCUT2D eigenvalue weighted by Crippen LogP contribution is 2.32. The number of carbonyl (C=O) groups excluding carboxylic acids is 2. The number of rotatable bonds is 13. The summed E-state index contributed by atoms with van der Waals surface area (Å²) in [6, 6.07) is 9.66. The predicted molar refractivity (Wildman–Crippen MR) is 115 cm³/mol. The Balaban J connectivity index is 1.66. The van der Waals surface area contributed by atoms with E-state index in [1.54, 1.807) is 0 Å². The molecule has 0 radical (unpaired) electrons. The summed E-state index contributed by atoms with van der Waals surface area (Å²) in [4.78, 5) is 25.1. The predicted octanol–water partition coefficient (Wildman–Crippen LogP) is 6.22. The van der Waals surface area contributed by atoms with Crippen LogP contribution in [0.3, 0.4) is 0 Å². The molecule has 1 aromatic rings. The van der Waals surface area contributed by atoms with Crippen molar-refractivity contribution in [2.24, 2.45) is 11.8 Å². The Bertz CT molecular complexity index is 584. The van der Waals surface area contributed by atoms with Gasteiger partial charge in [-0.1, -0.05) is 95.0 Å². The number of unbranched alkanes of at least 4 members (excludes halogenated alkanes) is 7. The maximum atomic E-state index is 12.6. The van der Waals surface area contributed by atoms with Crippen molar-refractivity contribution in [3.63, 3.8) is 0 Å². The van der Waals surface area contributed by atoms with Gasteiger partial charge >= 0.3 is 11.9 Å². The Morgan fingerprint density at radius 1 is 0.793 bits per heavy atom. The summed E-state index contributed by atoms with van der Waals surface area (Å²) in [7, 11) is 0. The molecule has 1 fully saturated rings. The van der Waals surface area contributed by atoms with E-state index >= 15 is 0 Å². The molecule has 0 amide bonds. The Kier molecular flexibility index (Phi) is 11.5. The van der Waals surface area contributed by atoms with Crippen LogP contribution in [0, 0.1) is 11.8 Å². The normalized spacial score (nSPS) is 18.9. The minimum Gasteiger partial charge on any atom is -0.465 e. The van der Waals surface area contributed by atoms with E-state index in [1.807, 2.05) is 30.3 Å². The Labute approximate surface area is 176 Å². The number of hydrogen-bond donors (Lipinski definition) is 0. The van der Waals surface area contributed by atoms with Crippen LogP contribution in [-0.4, -0.2) is 18.5 Å². The van der Waals surface area contributed by atoms with Gasteiger partial charge in [0.15, 0.2) is 0 Å². The van der Waals surface area contributed by atoms with Gasteiger partial charge in [-0.3, -0.25) is 9.59 Å². The molecular weight excluding hydrogens is 364 g/mol. The van der Waals surface area contributed by atoms with E-state index in [0.29, 0.717) is 13.0 Å². The smallest absolute Gasteiger partial charge is 0.310 e. The maximum Gasteiger partial charge on any atom is 0.310 e. The van der Waals surface area contributed by atoms with Gasteiger partial charge in [-0.25, -0.2) is 0 Å². The molecule has 1 aromatic carbocycles. The van der Waals surface area contributed by atoms with Crippen LogP contribution < -0.4 is 0 Å². The molecule has 2 rings (SSSR count). The Hall–Kier alpha value is -1.84. The first kappa shape index (κ1) is 23.4. The summed E-state index contributed by atoms with van der Waals surface area (Å²) in [6.07, 6.45) is 13.1. The van der Waals surface area contributed by atoms with E-state index in [1.165, 1.54) is 38.5 Å². The second-order valence-electron chi connectivity index (χ2n) is 8.23. The van der Waals surface area contributed by atoms with Gasteiger partial charge < -0.3 is 9.47 Å². The third-order valence-electron chi connectivity index (χ3n) is 5.84. The molecule has 29 heavy (non-hydrogen) atoms. The van der Waals surface area contributed by atoms with Crippen molar-refractivity contribution in [2.75, 3.05) is 6.61 Å². The fraction of sp³-hybridized carbons (Fsp3) is 0.680. The van der Waals surface area contributed by atoms with E-state index in [9.17, 15) is 9.59 Å². The zero-order chi connectivity index (χ0) is 20.7. The molecule has 4 nitrogen and oxygen atoms in total. The average molecular weight is 403 g/mol. The van der Waals surface area contributed by atoms with E-state index in [2.05, 4.69) is 6.92 Å². The van der Waals surface area contributed by atoms with Gasteiger partial charge in [0.05, 0.1) is 18.4 Å². The second kappa shape index (κ2) is 14.2. The van der Waals surface area contributed by atoms with Crippen molar-refractivity contribution in [1.29, 1.82) is 0 Å². The highest BCUT2D eigenvalue weighted by Gasteiger charge is 2.37. The molecule has 0 bridgehead atoms. The highest BCUT2D eigenvalue weighted by atomic mass is 16.5. The van der Waals surface area contributed by atoms with E-state index < -0.39 is 0 Å². The largest absolute Gasteiger partial charge is 0.465 e. The van der Waals surface area contributed by atoms with Crippen molar-refractivity contribution in [2.45, 2.75) is 90.6 Å². The minimum absolute atomic E-state index is 0.214. The lowest BCUT2D eigenvalue weighted by Gasteiger charge is -2.28. The minimum atomic E-state index is -0.362. The van der Waals surface area contributed by atoms with Gasteiger partial charge in [0, 0.05) is 0 Å². The van der Waals surface area contributed by atoms with Crippen LogP contribution in [0.1, 0.15) is 89.5 Å². The summed E-state index contributed by atoms with van der Waals surface area (Å²) in [5.74, 6) is -1.18. The van der Waals surface area contributed by atoms with E-state index in [4.69, 9.17) is 9.47 Å². The zero-order valence-electron chi connectivity index (χ0n) is 18.1. The van der Waals surface area contributed by atoms with Crippen LogP contribution in [-0.2, 0) is 25.7 Å². The lowest BCUT2D eigenvalue weighted by atomic mass is 9.79. The van der Waals surface area contributed by atoms with Crippen molar-refractivity contribution >= 4 is 11.9 Å². The lowest BCUT2D eigenvalue weighted by Crippen LogP contribution is -2.35. The monoisotopic (exact) mass is 402 g/mol. The Morgan fingerprint density at radius 2 is 1.34 bits per heavy atom. The topological polar surface area (TPSA) is 52.6 Å². The summed E-state index contributed by atoms with van der Waals surface area (Å²) in [5, 5.41) is 0. The summed E-state index contributed by atoms with van der Waals surface area (Å²) in [6.45, 7) is 2.96. The molecule has 1 aliphatic rings. The lowest BCUT2D eigenvalue weighted by molar-refractivity contribution is -0.163. The molecule has 4 heteroatoms. The zero-order valence-corrected chi connectivity index (χ0v) is 18.1. The average Bonchev–Trinajstić information content (AvgIpc) is 2.77. The summed E-state index contributed by atoms with van der Waals surface area (Å²) >= 11 is 0. The molecule has 2 unspecified atom stereocenters. The third kappa shape index (κ3) is 9.01. The van der Waals surface area contributed by atoms with Gasteiger partial charge in [-0.2, -0.15) is 0 Å². The molecule has 2 atom stereocenters. The van der Waals surface area contributed by atoms with E-state index in [0.717, 1.165) is 37.7 Å². The van der Waals surface area contributed by atoms with Crippen LogP contribution in [0.2, 0.25) is 0 Å². The standard InChI is InChI=1S/C25H38O4/c1-2-3-4-5-6-7-8-14-19-28-24(26)22-17-12-13-18-23(22)25(27)29-20-21-15-10-9-11-16-21/h9-11,15-16,22-23H,2-8,12-14,17-20H2,1H3. The van der Waals surface area contributed by atoms with Crippen molar-refractivity contribution in [1.82, 2.24) is 0 Å². The molecule has 0 aromatic heterocycles. The quantitative estimate of drug-likeness (QED) is 0.290. The SMILES string of the molecule is CCCCCCCCCCOC(=O)C1CCCCC1C(=O)OCc1ccccc1. The number of esters is 2. The Morgan fingerprint density at radius 3 is 1.97 bits per heavy atom. The van der Waals surface area contributed by atoms with Gasteiger partial charge in [-0.15, -0.1) is 0 Å². The fourth-order valence-electron chi connectivity index (χ4n) is 4.05. The highest BCUT2D eigenvalue weighted by molar-refractivity contribution is 5.82. The molecule has 0 heterocycles. The molecule has 0 N–H and O–H groups in total. The summed E-state index contributed by atoms with van der Waals surface area (Å²) in [5.41, 5.74) is 0.963. The van der Waals surface area contributed by atoms with Crippen LogP contribution in [0.5, 0.6) is 0 Å². The molecule has 0 aliphatic heterocycles. The van der Waals surface area contributed by atoms with Crippen LogP contribution in [0.15, 0.2) is 30.3 Å². The molecule has 0 saturated heterocycles. The maximum absolute atomic E-state index is 12.6. The fourth-order valence-corrected chi connectivity index (χ4v) is 4.05. The number of ether oxygens (including phenoxy) is 2. The first-order chi connectivity index (χ1) is 14.2. The molecule has 162 valence electrons. The van der Waals surface area contributed by atoms with Crippen molar-refractivity contribution < 1.29 is 19.1 Å². The van der Waals surface area contributed by atoms with Crippen molar-refractivity contribution in [3.8, 4) is 0 Å². The summed E-state index contributed by atoms with van der Waals surface area (Å²) < 4.78 is 11.0. The molecular formula is C25H38O4. The van der Waals surface area contributed by atoms with Crippen LogP contribution in [0.25, 0.3) is 0 Å². The van der Waals surface area contributed by atoms with Crippen LogP contribution >= 0.6 is 0 Å². The number of hydrogen-bond acceptors (Lipinski definition) is 4. The van der Waals surface area contributed by atoms with Crippen LogP contribution in [0.4, 0.5) is 0 Å². The van der Waals surface area contributed by atoms with Crippen molar-refractivity contribution in [3.05, 3.63) is 35.9 Å². The number of benzene rings is 1. The molecule has 0 spiro atoms. The molecule has 1 aliphatic carbocycles. The first-order valence-corrected chi connectivity index (χ1v) is 11.6. The van der Waals surface area contributed by atoms with Gasteiger partial charge in [0.2, 0.25) is 0 Å². The molecule has 1 saturated carbocycles. The van der Waals surface area contributed by atoms with Gasteiger partial charge in [0.25, 0.3) is 0 Å². The first-order valence-electron chi connectivity index (χ1n) is 11.6. The van der Waals surface area contributed by atoms with E-state index in [-0.39, 0.29) is 30.4 Å². The second-order valence-corrected chi connectivity index (χ2v) is 8.23. The van der Waals surface area contributed by atoms with Gasteiger partial charge in [0.1, 0.15) is 6.61 Å². The third-order valence-corrected chi connectivity index (χ3v) is 5.84. The number of carbonyl (C=O) groups is 2. The van der Waals surface area contributed by atoms with Gasteiger partial charge in [-0.05, 0) is 24.8 Å².